The number of carbonyl (C=O) groups excluding carboxylic acids is 3. The van der Waals surface area contributed by atoms with Gasteiger partial charge in [0.25, 0.3) is 0 Å². The molecular formula is C22H29F3N2O7S. The number of aliphatic carboxylic acids is 1. The Morgan fingerprint density at radius 2 is 1.74 bits per heavy atom. The summed E-state index contributed by atoms with van der Waals surface area (Å²) in [6.45, 7) is 3.26. The van der Waals surface area contributed by atoms with Crippen LogP contribution in [0.2, 0.25) is 0 Å². The van der Waals surface area contributed by atoms with Crippen molar-refractivity contribution in [1.29, 1.82) is 0 Å². The molecule has 1 aromatic rings. The van der Waals surface area contributed by atoms with E-state index in [2.05, 4.69) is 10.6 Å². The summed E-state index contributed by atoms with van der Waals surface area (Å²) in [4.78, 5) is 48.9. The summed E-state index contributed by atoms with van der Waals surface area (Å²) >= 11 is 0.273. The van der Waals surface area contributed by atoms with E-state index in [1.807, 2.05) is 0 Å². The number of ether oxygens (including phenoxy) is 2. The van der Waals surface area contributed by atoms with E-state index in [1.165, 1.54) is 14.2 Å². The molecule has 0 radical (unpaired) electrons. The van der Waals surface area contributed by atoms with Gasteiger partial charge in [0, 0.05) is 5.56 Å². The number of methoxy groups -OCH3 is 2. The van der Waals surface area contributed by atoms with Crippen molar-refractivity contribution < 1.29 is 46.9 Å². The maximum atomic E-state index is 12.8. The lowest BCUT2D eigenvalue weighted by Crippen LogP contribution is -2.54. The molecule has 1 aromatic carbocycles. The average Bonchev–Trinajstić information content (AvgIpc) is 2.75. The van der Waals surface area contributed by atoms with Crippen LogP contribution in [-0.2, 0) is 25.6 Å². The fraction of sp³-hybridized carbons (Fsp3) is 0.545. The van der Waals surface area contributed by atoms with Crippen LogP contribution in [0.15, 0.2) is 18.2 Å². The highest BCUT2D eigenvalue weighted by atomic mass is 32.2. The highest BCUT2D eigenvalue weighted by Crippen LogP contribution is 2.24. The number of amides is 2. The number of halogens is 3. The van der Waals surface area contributed by atoms with Gasteiger partial charge in [-0.15, -0.1) is 11.8 Å². The Kier molecular flexibility index (Phi) is 11.9. The van der Waals surface area contributed by atoms with Crippen molar-refractivity contribution in [2.75, 3.05) is 25.7 Å². The van der Waals surface area contributed by atoms with Crippen molar-refractivity contribution in [1.82, 2.24) is 10.6 Å². The van der Waals surface area contributed by atoms with Crippen LogP contribution in [0, 0.1) is 5.92 Å². The van der Waals surface area contributed by atoms with Gasteiger partial charge >= 0.3 is 12.1 Å². The molecule has 2 atom stereocenters. The van der Waals surface area contributed by atoms with E-state index in [1.54, 1.807) is 32.0 Å². The molecular weight excluding hydrogens is 493 g/mol. The minimum atomic E-state index is -4.49. The van der Waals surface area contributed by atoms with Gasteiger partial charge in [-0.3, -0.25) is 19.2 Å². The number of nitrogens with one attached hydrogen (secondary N) is 2. The van der Waals surface area contributed by atoms with E-state index < -0.39 is 65.7 Å². The molecule has 0 saturated carbocycles. The number of hydrogen-bond acceptors (Lipinski definition) is 7. The van der Waals surface area contributed by atoms with Crippen molar-refractivity contribution in [3.63, 3.8) is 0 Å². The summed E-state index contributed by atoms with van der Waals surface area (Å²) in [5.41, 5.74) is 0.493. The molecule has 13 heteroatoms. The lowest BCUT2D eigenvalue weighted by molar-refractivity contribution is -0.140. The zero-order valence-corrected chi connectivity index (χ0v) is 20.5. The third-order valence-electron chi connectivity index (χ3n) is 4.70. The second-order valence-electron chi connectivity index (χ2n) is 7.88. The first-order valence-corrected chi connectivity index (χ1v) is 11.6. The molecule has 9 nitrogen and oxygen atoms in total. The normalized spacial score (nSPS) is 13.0. The molecule has 0 aliphatic heterocycles. The molecule has 0 aliphatic carbocycles. The van der Waals surface area contributed by atoms with Crippen LogP contribution in [0.4, 0.5) is 13.2 Å². The minimum absolute atomic E-state index is 0.164. The quantitative estimate of drug-likeness (QED) is 0.339. The summed E-state index contributed by atoms with van der Waals surface area (Å²) in [5.74, 6) is -5.12. The standard InChI is InChI=1S/C22H29F3N2O7S/c1-12(2)20(27-18(29)8-13-7-14(33-3)5-6-17(13)34-4)21(32)26-15(9-19(30)31)16(28)10-35-11-22(23,24)25/h5-7,12,15,20H,8-11H2,1-4H3,(H,26,32)(H,27,29)(H,30,31). The largest absolute Gasteiger partial charge is 0.497 e. The molecule has 0 aromatic heterocycles. The van der Waals surface area contributed by atoms with Crippen molar-refractivity contribution in [3.05, 3.63) is 23.8 Å². The van der Waals surface area contributed by atoms with E-state index >= 15 is 0 Å². The van der Waals surface area contributed by atoms with Gasteiger partial charge in [-0.1, -0.05) is 13.8 Å². The summed E-state index contributed by atoms with van der Waals surface area (Å²) in [5, 5.41) is 13.9. The number of carbonyl (C=O) groups is 4. The van der Waals surface area contributed by atoms with Crippen LogP contribution in [0.25, 0.3) is 0 Å². The Balaban J connectivity index is 2.91. The molecule has 0 spiro atoms. The third-order valence-corrected chi connectivity index (χ3v) is 5.72. The minimum Gasteiger partial charge on any atom is -0.497 e. The molecule has 2 unspecified atom stereocenters. The SMILES string of the molecule is COc1ccc(OC)c(CC(=O)NC(C(=O)NC(CC(=O)O)C(=O)CSCC(F)(F)F)C(C)C)c1. The van der Waals surface area contributed by atoms with Gasteiger partial charge in [-0.05, 0) is 24.1 Å². The van der Waals surface area contributed by atoms with Crippen molar-refractivity contribution >= 4 is 35.3 Å². The van der Waals surface area contributed by atoms with Crippen molar-refractivity contribution in [2.24, 2.45) is 5.92 Å². The number of alkyl halides is 3. The topological polar surface area (TPSA) is 131 Å². The Bertz CT molecular complexity index is 910. The highest BCUT2D eigenvalue weighted by Gasteiger charge is 2.32. The first kappa shape index (κ1) is 30.1. The monoisotopic (exact) mass is 522 g/mol. The number of ketones is 1. The molecule has 0 fully saturated rings. The van der Waals surface area contributed by atoms with Gasteiger partial charge in [-0.25, -0.2) is 0 Å². The van der Waals surface area contributed by atoms with E-state index in [4.69, 9.17) is 14.6 Å². The van der Waals surface area contributed by atoms with Crippen LogP contribution in [0.5, 0.6) is 11.5 Å². The first-order valence-electron chi connectivity index (χ1n) is 10.5. The van der Waals surface area contributed by atoms with Crippen LogP contribution < -0.4 is 20.1 Å². The van der Waals surface area contributed by atoms with Crippen LogP contribution in [0.3, 0.4) is 0 Å². The number of benzene rings is 1. The zero-order valence-electron chi connectivity index (χ0n) is 19.7. The average molecular weight is 523 g/mol. The lowest BCUT2D eigenvalue weighted by Gasteiger charge is -2.25. The smallest absolute Gasteiger partial charge is 0.397 e. The maximum absolute atomic E-state index is 12.8. The van der Waals surface area contributed by atoms with E-state index in [9.17, 15) is 32.3 Å². The highest BCUT2D eigenvalue weighted by molar-refractivity contribution is 8.00. The summed E-state index contributed by atoms with van der Waals surface area (Å²) in [6.07, 6.45) is -5.46. The van der Waals surface area contributed by atoms with Crippen LogP contribution in [-0.4, -0.2) is 72.7 Å². The second-order valence-corrected chi connectivity index (χ2v) is 8.86. The predicted octanol–water partition coefficient (Wildman–Crippen LogP) is 2.21. The van der Waals surface area contributed by atoms with Crippen LogP contribution >= 0.6 is 11.8 Å². The molecule has 0 heterocycles. The molecule has 3 N–H and O–H groups in total. The molecule has 0 aliphatic rings. The summed E-state index contributed by atoms with van der Waals surface area (Å²) in [6, 6.07) is 2.19. The van der Waals surface area contributed by atoms with Crippen LogP contribution in [0.1, 0.15) is 25.8 Å². The number of rotatable bonds is 14. The van der Waals surface area contributed by atoms with Gasteiger partial charge in [0.2, 0.25) is 11.8 Å². The number of Topliss-reactive ketones (excluding diaryl/α,β-unsaturated/α-hetero) is 1. The Labute approximate surface area is 205 Å². The molecule has 1 rings (SSSR count). The Morgan fingerprint density at radius 3 is 2.26 bits per heavy atom. The maximum Gasteiger partial charge on any atom is 0.397 e. The van der Waals surface area contributed by atoms with E-state index in [-0.39, 0.29) is 18.2 Å². The number of carboxylic acids is 1. The van der Waals surface area contributed by atoms with E-state index in [0.29, 0.717) is 17.1 Å². The van der Waals surface area contributed by atoms with Gasteiger partial charge in [0.1, 0.15) is 17.5 Å². The predicted molar refractivity (Wildman–Crippen MR) is 123 cm³/mol. The molecule has 196 valence electrons. The third kappa shape index (κ3) is 10.9. The lowest BCUT2D eigenvalue weighted by atomic mass is 10.0. The summed E-state index contributed by atoms with van der Waals surface area (Å²) in [7, 11) is 2.89. The molecule has 0 bridgehead atoms. The molecule has 2 amide bonds. The molecule has 0 saturated heterocycles. The second kappa shape index (κ2) is 13.8. The number of carboxylic acid groups (broad SMARTS) is 1. The first-order chi connectivity index (χ1) is 16.3. The summed E-state index contributed by atoms with van der Waals surface area (Å²) < 4.78 is 47.4. The van der Waals surface area contributed by atoms with E-state index in [0.717, 1.165) is 0 Å². The molecule has 35 heavy (non-hydrogen) atoms. The Hall–Kier alpha value is -2.96. The fourth-order valence-corrected chi connectivity index (χ4v) is 3.74. The van der Waals surface area contributed by atoms with Gasteiger partial charge < -0.3 is 25.2 Å². The number of thioether (sulfide) groups is 1. The zero-order chi connectivity index (χ0) is 26.8. The van der Waals surface area contributed by atoms with Crippen molar-refractivity contribution in [2.45, 2.75) is 44.9 Å². The van der Waals surface area contributed by atoms with Gasteiger partial charge in [0.15, 0.2) is 5.78 Å². The van der Waals surface area contributed by atoms with Crippen molar-refractivity contribution in [3.8, 4) is 11.5 Å². The Morgan fingerprint density at radius 1 is 1.09 bits per heavy atom. The fourth-order valence-electron chi connectivity index (χ4n) is 3.00. The van der Waals surface area contributed by atoms with Gasteiger partial charge in [-0.2, -0.15) is 13.2 Å². The number of hydrogen-bond donors (Lipinski definition) is 3. The van der Waals surface area contributed by atoms with Gasteiger partial charge in [0.05, 0.1) is 44.6 Å².